The molecule has 260 valence electrons. The number of hydrogen-bond acceptors (Lipinski definition) is 5. The van der Waals surface area contributed by atoms with Gasteiger partial charge in [-0.25, -0.2) is 0 Å². The van der Waals surface area contributed by atoms with Crippen LogP contribution in [0.1, 0.15) is 116 Å². The Kier molecular flexibility index (Phi) is 16.0. The maximum Gasteiger partial charge on any atom is 0.387 e. The monoisotopic (exact) mass is 669 g/mol. The Bertz CT molecular complexity index is 1300. The predicted octanol–water partition coefficient (Wildman–Crippen LogP) is 11.5. The molecule has 1 fully saturated rings. The third-order valence-electron chi connectivity index (χ3n) is 9.57. The molecule has 2 aliphatic heterocycles. The van der Waals surface area contributed by atoms with Crippen LogP contribution in [0.4, 0.5) is 8.78 Å². The van der Waals surface area contributed by atoms with Gasteiger partial charge in [-0.2, -0.15) is 8.78 Å². The topological polar surface area (TPSA) is 38.8 Å². The second-order valence-corrected chi connectivity index (χ2v) is 15.1. The van der Waals surface area contributed by atoms with E-state index in [1.807, 2.05) is 25.1 Å². The van der Waals surface area contributed by atoms with Crippen molar-refractivity contribution in [3.8, 4) is 5.75 Å². The van der Waals surface area contributed by atoms with Crippen LogP contribution >= 0.6 is 11.8 Å². The number of rotatable bonds is 18. The average Bonchev–Trinajstić information content (AvgIpc) is 3.36. The number of likely N-dealkylation sites (tertiary alicyclic amines) is 1. The Balaban J connectivity index is 1.63. The molecule has 0 bridgehead atoms. The number of ether oxygens (including phenoxy) is 2. The minimum atomic E-state index is -2.90. The Morgan fingerprint density at radius 2 is 2.04 bits per heavy atom. The van der Waals surface area contributed by atoms with Crippen LogP contribution in [0.5, 0.6) is 5.75 Å². The lowest BCUT2D eigenvalue weighted by molar-refractivity contribution is -0.146. The highest BCUT2D eigenvalue weighted by Gasteiger charge is 2.30. The van der Waals surface area contributed by atoms with Crippen LogP contribution in [-0.4, -0.2) is 43.7 Å². The minimum absolute atomic E-state index is 0.0448. The van der Waals surface area contributed by atoms with E-state index in [0.29, 0.717) is 17.5 Å². The molecule has 4 nitrogen and oxygen atoms in total. The van der Waals surface area contributed by atoms with Crippen LogP contribution in [-0.2, 0) is 9.53 Å². The van der Waals surface area contributed by atoms with E-state index in [0.717, 1.165) is 68.4 Å². The fourth-order valence-corrected chi connectivity index (χ4v) is 7.71. The summed E-state index contributed by atoms with van der Waals surface area (Å²) in [6.45, 7) is 14.7. The van der Waals surface area contributed by atoms with Crippen molar-refractivity contribution in [2.24, 2.45) is 17.3 Å². The van der Waals surface area contributed by atoms with Crippen molar-refractivity contribution in [2.45, 2.75) is 118 Å². The molecule has 1 aromatic rings. The first kappa shape index (κ1) is 38.8. The molecule has 7 heteroatoms. The highest BCUT2D eigenvalue weighted by molar-refractivity contribution is 8.11. The zero-order valence-corrected chi connectivity index (χ0v) is 30.4. The number of benzene rings is 1. The van der Waals surface area contributed by atoms with E-state index in [1.54, 1.807) is 17.8 Å². The van der Waals surface area contributed by atoms with Gasteiger partial charge in [-0.1, -0.05) is 82.8 Å². The number of alkyl halides is 2. The highest BCUT2D eigenvalue weighted by Crippen LogP contribution is 2.42. The summed E-state index contributed by atoms with van der Waals surface area (Å²) in [4.78, 5) is 16.9. The van der Waals surface area contributed by atoms with E-state index >= 15 is 0 Å². The molecule has 47 heavy (non-hydrogen) atoms. The number of allylic oxidation sites excluding steroid dienone is 4. The van der Waals surface area contributed by atoms with Crippen LogP contribution in [0.3, 0.4) is 0 Å². The number of carbonyl (C=O) groups excluding carboxylic acids is 1. The summed E-state index contributed by atoms with van der Waals surface area (Å²) in [6, 6.07) is 6.13. The number of carbonyl (C=O) groups is 1. The molecule has 3 rings (SSSR count). The predicted molar refractivity (Wildman–Crippen MR) is 194 cm³/mol. The van der Waals surface area contributed by atoms with Crippen molar-refractivity contribution in [3.05, 3.63) is 70.3 Å². The van der Waals surface area contributed by atoms with Crippen LogP contribution in [0.15, 0.2) is 59.2 Å². The van der Waals surface area contributed by atoms with Gasteiger partial charge in [-0.15, -0.1) is 5.73 Å². The molecule has 3 atom stereocenters. The number of thioether (sulfide) groups is 1. The van der Waals surface area contributed by atoms with Crippen molar-refractivity contribution in [1.82, 2.24) is 4.90 Å². The Morgan fingerprint density at radius 1 is 1.26 bits per heavy atom. The van der Waals surface area contributed by atoms with Crippen LogP contribution in [0.2, 0.25) is 0 Å². The average molecular weight is 670 g/mol. The number of halogens is 2. The van der Waals surface area contributed by atoms with Crippen molar-refractivity contribution in [3.63, 3.8) is 0 Å². The van der Waals surface area contributed by atoms with Gasteiger partial charge < -0.3 is 14.4 Å². The van der Waals surface area contributed by atoms with E-state index in [2.05, 4.69) is 63.1 Å². The lowest BCUT2D eigenvalue weighted by Gasteiger charge is -2.33. The second-order valence-electron chi connectivity index (χ2n) is 14.0. The van der Waals surface area contributed by atoms with E-state index in [9.17, 15) is 13.6 Å². The summed E-state index contributed by atoms with van der Waals surface area (Å²) >= 11 is 1.59. The molecule has 2 heterocycles. The summed E-state index contributed by atoms with van der Waals surface area (Å²) in [5.74, 6) is 0.267. The number of nitrogens with zero attached hydrogens (tertiary/aromatic N) is 1. The zero-order chi connectivity index (χ0) is 34.4. The lowest BCUT2D eigenvalue weighted by atomic mass is 9.72. The van der Waals surface area contributed by atoms with Gasteiger partial charge in [0.2, 0.25) is 0 Å². The molecule has 1 unspecified atom stereocenters. The van der Waals surface area contributed by atoms with Gasteiger partial charge >= 0.3 is 12.6 Å². The van der Waals surface area contributed by atoms with Gasteiger partial charge in [0.15, 0.2) is 0 Å². The van der Waals surface area contributed by atoms with Crippen LogP contribution < -0.4 is 4.74 Å². The summed E-state index contributed by atoms with van der Waals surface area (Å²) in [5.41, 5.74) is 6.19. The third kappa shape index (κ3) is 12.7. The van der Waals surface area contributed by atoms with Gasteiger partial charge in [-0.3, -0.25) is 4.79 Å². The van der Waals surface area contributed by atoms with Crippen molar-refractivity contribution >= 4 is 28.7 Å². The number of methoxy groups -OCH3 is 1. The van der Waals surface area contributed by atoms with Gasteiger partial charge in [-0.05, 0) is 117 Å². The number of esters is 1. The molecule has 0 radical (unpaired) electrons. The molecule has 0 aromatic heterocycles. The molecule has 0 spiro atoms. The summed E-state index contributed by atoms with van der Waals surface area (Å²) in [7, 11) is 1.46. The summed E-state index contributed by atoms with van der Waals surface area (Å²) < 4.78 is 36.8. The van der Waals surface area contributed by atoms with E-state index < -0.39 is 6.61 Å². The van der Waals surface area contributed by atoms with E-state index in [4.69, 9.17) is 9.47 Å². The second kappa shape index (κ2) is 19.4. The molecule has 0 N–H and O–H groups in total. The molecule has 0 saturated carbocycles. The standard InChI is InChI=1S/C40H57F2NO3S/c1-8-31(38(44)45-7)28-32(40(4,5)6)26-29(3)16-14-20-34-19-10-11-21-37(47-34)35-27-30(22-23-36(35)46-39(41)42)17-12-13-24-43-25-15-18-33(43)9-2/h11-12,17,19,22-23,27,31-33,39H,3,8-10,13-16,18,20,24-26,28H2,1-2,4-7H3/b17-12+/t31-,32-,33?/m0/s1. The fourth-order valence-electron chi connectivity index (χ4n) is 6.62. The van der Waals surface area contributed by atoms with Crippen molar-refractivity contribution in [1.29, 1.82) is 0 Å². The molecule has 0 amide bonds. The SMILES string of the molecule is C=C(CCCC1=CCC=C=C(c2cc(/C=C/CCN3CCCC3CC)ccc2OC(F)F)S1)C[C@@H](C[C@H](CC)C(=O)OC)C(C)(C)C. The zero-order valence-electron chi connectivity index (χ0n) is 29.6. The first-order valence-electron chi connectivity index (χ1n) is 17.5. The first-order chi connectivity index (χ1) is 22.4. The Morgan fingerprint density at radius 3 is 2.72 bits per heavy atom. The highest BCUT2D eigenvalue weighted by atomic mass is 32.2. The maximum atomic E-state index is 13.4. The number of hydrogen-bond donors (Lipinski definition) is 0. The van der Waals surface area contributed by atoms with Gasteiger partial charge in [0.1, 0.15) is 5.75 Å². The molecular weight excluding hydrogens is 613 g/mol. The lowest BCUT2D eigenvalue weighted by Crippen LogP contribution is -2.29. The molecule has 1 aromatic carbocycles. The summed E-state index contributed by atoms with van der Waals surface area (Å²) in [6.07, 6.45) is 19.0. The van der Waals surface area contributed by atoms with Gasteiger partial charge in [0, 0.05) is 18.2 Å². The van der Waals surface area contributed by atoms with Gasteiger partial charge in [0.25, 0.3) is 0 Å². The van der Waals surface area contributed by atoms with Crippen LogP contribution in [0.25, 0.3) is 11.0 Å². The largest absolute Gasteiger partial charge is 0.469 e. The maximum absolute atomic E-state index is 13.4. The molecule has 2 aliphatic rings. The molecule has 0 aliphatic carbocycles. The smallest absolute Gasteiger partial charge is 0.387 e. The van der Waals surface area contributed by atoms with E-state index in [-0.39, 0.29) is 23.1 Å². The quantitative estimate of drug-likeness (QED) is 0.0883. The van der Waals surface area contributed by atoms with Gasteiger partial charge in [0.05, 0.1) is 17.9 Å². The normalized spacial score (nSPS) is 18.6. The molecule has 1 saturated heterocycles. The fraction of sp³-hybridized carbons (Fsp3) is 0.600. The van der Waals surface area contributed by atoms with Crippen molar-refractivity contribution < 1.29 is 23.0 Å². The Labute approximate surface area is 287 Å². The first-order valence-corrected chi connectivity index (χ1v) is 18.3. The van der Waals surface area contributed by atoms with E-state index in [1.165, 1.54) is 43.4 Å². The Hall–Kier alpha value is -2.60. The van der Waals surface area contributed by atoms with Crippen molar-refractivity contribution in [2.75, 3.05) is 20.2 Å². The summed E-state index contributed by atoms with van der Waals surface area (Å²) in [5, 5.41) is 0. The minimum Gasteiger partial charge on any atom is -0.469 e. The molecular formula is C40H57F2NO3S. The third-order valence-corrected chi connectivity index (χ3v) is 10.7. The van der Waals surface area contributed by atoms with Crippen LogP contribution in [0, 0.1) is 17.3 Å².